The first-order chi connectivity index (χ1) is 6.15. The zero-order valence-corrected chi connectivity index (χ0v) is 8.15. The molecule has 0 unspecified atom stereocenters. The number of pyridine rings is 1. The normalized spacial score (nSPS) is 10.2. The van der Waals surface area contributed by atoms with Gasteiger partial charge in [0.1, 0.15) is 0 Å². The molecular formula is C10H14NO2+. The molecule has 1 aromatic heterocycles. The zero-order chi connectivity index (χ0) is 9.84. The van der Waals surface area contributed by atoms with Crippen molar-refractivity contribution in [2.45, 2.75) is 19.9 Å². The van der Waals surface area contributed by atoms with Crippen LogP contribution in [0.25, 0.3) is 0 Å². The molecule has 1 aromatic rings. The van der Waals surface area contributed by atoms with Gasteiger partial charge in [0.25, 0.3) is 0 Å². The van der Waals surface area contributed by atoms with E-state index in [2.05, 4.69) is 18.6 Å². The van der Waals surface area contributed by atoms with Crippen LogP contribution in [0.2, 0.25) is 0 Å². The van der Waals surface area contributed by atoms with Gasteiger partial charge >= 0.3 is 5.97 Å². The third-order valence-electron chi connectivity index (χ3n) is 1.87. The van der Waals surface area contributed by atoms with Crippen molar-refractivity contribution in [1.29, 1.82) is 0 Å². The van der Waals surface area contributed by atoms with Crippen LogP contribution in [0.5, 0.6) is 0 Å². The Morgan fingerprint density at radius 2 is 1.92 bits per heavy atom. The Labute approximate surface area is 78.0 Å². The van der Waals surface area contributed by atoms with E-state index in [1.807, 2.05) is 17.0 Å². The molecule has 0 aliphatic carbocycles. The van der Waals surface area contributed by atoms with Crippen molar-refractivity contribution in [1.82, 2.24) is 0 Å². The number of carbonyl (C=O) groups is 1. The van der Waals surface area contributed by atoms with Crippen LogP contribution in [-0.2, 0) is 4.74 Å². The molecule has 0 aromatic carbocycles. The highest BCUT2D eigenvalue weighted by atomic mass is 16.5. The van der Waals surface area contributed by atoms with Crippen LogP contribution < -0.4 is 4.57 Å². The summed E-state index contributed by atoms with van der Waals surface area (Å²) in [5.74, 6) is -0.295. The maximum absolute atomic E-state index is 11.1. The Hall–Kier alpha value is -1.38. The molecule has 0 spiro atoms. The van der Waals surface area contributed by atoms with E-state index >= 15 is 0 Å². The summed E-state index contributed by atoms with van der Waals surface area (Å²) < 4.78 is 6.61. The highest BCUT2D eigenvalue weighted by molar-refractivity contribution is 5.88. The lowest BCUT2D eigenvalue weighted by Gasteiger charge is -2.00. The Morgan fingerprint density at radius 1 is 1.38 bits per heavy atom. The molecule has 0 amide bonds. The van der Waals surface area contributed by atoms with Crippen LogP contribution in [0, 0.1) is 0 Å². The predicted octanol–water partition coefficient (Wildman–Crippen LogP) is 1.34. The lowest BCUT2D eigenvalue weighted by atomic mass is 10.2. The Morgan fingerprint density at radius 3 is 2.31 bits per heavy atom. The summed E-state index contributed by atoms with van der Waals surface area (Å²) in [6.07, 6.45) is 3.74. The fourth-order valence-corrected chi connectivity index (χ4v) is 1.04. The van der Waals surface area contributed by atoms with Gasteiger partial charge in [0, 0.05) is 12.1 Å². The fourth-order valence-electron chi connectivity index (χ4n) is 1.04. The monoisotopic (exact) mass is 180 g/mol. The molecule has 0 saturated carbocycles. The van der Waals surface area contributed by atoms with Gasteiger partial charge in [-0.3, -0.25) is 0 Å². The number of hydrogen-bond acceptors (Lipinski definition) is 2. The molecule has 0 aliphatic rings. The van der Waals surface area contributed by atoms with E-state index in [9.17, 15) is 4.79 Å². The predicted molar refractivity (Wildman–Crippen MR) is 48.4 cm³/mol. The highest BCUT2D eigenvalue weighted by Crippen LogP contribution is 1.99. The molecule has 3 nitrogen and oxygen atoms in total. The molecule has 1 rings (SSSR count). The second kappa shape index (κ2) is 4.03. The Bertz CT molecular complexity index is 290. The average Bonchev–Trinajstić information content (AvgIpc) is 2.17. The Kier molecular flexibility index (Phi) is 3.01. The minimum Gasteiger partial charge on any atom is -0.465 e. The molecule has 0 saturated heterocycles. The van der Waals surface area contributed by atoms with E-state index in [-0.39, 0.29) is 5.97 Å². The summed E-state index contributed by atoms with van der Waals surface area (Å²) in [6, 6.07) is 3.92. The van der Waals surface area contributed by atoms with Gasteiger partial charge in [0.2, 0.25) is 0 Å². The van der Waals surface area contributed by atoms with Gasteiger partial charge in [-0.15, -0.1) is 0 Å². The van der Waals surface area contributed by atoms with E-state index < -0.39 is 0 Å². The SMILES string of the molecule is COC(=O)c1cc[n+](C(C)C)cc1. The summed E-state index contributed by atoms with van der Waals surface area (Å²) in [5.41, 5.74) is 0.583. The second-order valence-electron chi connectivity index (χ2n) is 3.12. The van der Waals surface area contributed by atoms with Crippen molar-refractivity contribution in [2.75, 3.05) is 7.11 Å². The second-order valence-corrected chi connectivity index (χ2v) is 3.12. The summed E-state index contributed by atoms with van der Waals surface area (Å²) in [4.78, 5) is 11.1. The van der Waals surface area contributed by atoms with E-state index in [1.165, 1.54) is 7.11 Å². The first kappa shape index (κ1) is 9.71. The number of aromatic nitrogens is 1. The number of hydrogen-bond donors (Lipinski definition) is 0. The van der Waals surface area contributed by atoms with Crippen LogP contribution in [0.4, 0.5) is 0 Å². The molecular weight excluding hydrogens is 166 g/mol. The number of nitrogens with zero attached hydrogens (tertiary/aromatic N) is 1. The molecule has 0 fully saturated rings. The largest absolute Gasteiger partial charge is 0.465 e. The van der Waals surface area contributed by atoms with Crippen LogP contribution in [0.3, 0.4) is 0 Å². The maximum Gasteiger partial charge on any atom is 0.338 e. The van der Waals surface area contributed by atoms with Crippen molar-refractivity contribution in [3.8, 4) is 0 Å². The maximum atomic E-state index is 11.1. The summed E-state index contributed by atoms with van der Waals surface area (Å²) in [5, 5.41) is 0. The molecule has 0 radical (unpaired) electrons. The lowest BCUT2D eigenvalue weighted by molar-refractivity contribution is -0.716. The van der Waals surface area contributed by atoms with Crippen molar-refractivity contribution >= 4 is 5.97 Å². The van der Waals surface area contributed by atoms with Crippen LogP contribution in [-0.4, -0.2) is 13.1 Å². The van der Waals surface area contributed by atoms with Gasteiger partial charge in [0.15, 0.2) is 18.4 Å². The van der Waals surface area contributed by atoms with Crippen molar-refractivity contribution in [2.24, 2.45) is 0 Å². The van der Waals surface area contributed by atoms with Crippen molar-refractivity contribution in [3.05, 3.63) is 30.1 Å². The molecule has 0 bridgehead atoms. The number of esters is 1. The van der Waals surface area contributed by atoms with E-state index in [0.29, 0.717) is 11.6 Å². The lowest BCUT2D eigenvalue weighted by Crippen LogP contribution is -2.35. The average molecular weight is 180 g/mol. The highest BCUT2D eigenvalue weighted by Gasteiger charge is 2.09. The number of ether oxygens (including phenoxy) is 1. The minimum absolute atomic E-state index is 0.295. The number of rotatable bonds is 2. The zero-order valence-electron chi connectivity index (χ0n) is 8.15. The van der Waals surface area contributed by atoms with Crippen LogP contribution >= 0.6 is 0 Å². The Balaban J connectivity index is 2.87. The standard InChI is InChI=1S/C10H14NO2/c1-8(2)11-6-4-9(5-7-11)10(12)13-3/h4-8H,1-3H3/q+1. The first-order valence-electron chi connectivity index (χ1n) is 4.24. The number of carbonyl (C=O) groups excluding carboxylic acids is 1. The summed E-state index contributed by atoms with van der Waals surface area (Å²) in [7, 11) is 1.38. The smallest absolute Gasteiger partial charge is 0.338 e. The molecule has 0 aliphatic heterocycles. The quantitative estimate of drug-likeness (QED) is 0.508. The third-order valence-corrected chi connectivity index (χ3v) is 1.87. The molecule has 0 atom stereocenters. The summed E-state index contributed by atoms with van der Waals surface area (Å²) in [6.45, 7) is 4.16. The van der Waals surface area contributed by atoms with Crippen LogP contribution in [0.1, 0.15) is 30.2 Å². The van der Waals surface area contributed by atoms with Gasteiger partial charge in [-0.2, -0.15) is 0 Å². The van der Waals surface area contributed by atoms with Crippen molar-refractivity contribution in [3.63, 3.8) is 0 Å². The van der Waals surface area contributed by atoms with E-state index in [4.69, 9.17) is 0 Å². The van der Waals surface area contributed by atoms with Gasteiger partial charge in [-0.1, -0.05) is 0 Å². The van der Waals surface area contributed by atoms with Crippen molar-refractivity contribution < 1.29 is 14.1 Å². The summed E-state index contributed by atoms with van der Waals surface area (Å²) >= 11 is 0. The third kappa shape index (κ3) is 2.28. The molecule has 70 valence electrons. The fraction of sp³-hybridized carbons (Fsp3) is 0.400. The topological polar surface area (TPSA) is 30.2 Å². The van der Waals surface area contributed by atoms with Gasteiger partial charge in [-0.05, 0) is 13.8 Å². The van der Waals surface area contributed by atoms with Gasteiger partial charge < -0.3 is 4.74 Å². The molecule has 0 N–H and O–H groups in total. The van der Waals surface area contributed by atoms with Crippen LogP contribution in [0.15, 0.2) is 24.5 Å². The minimum atomic E-state index is -0.295. The molecule has 13 heavy (non-hydrogen) atoms. The number of methoxy groups -OCH3 is 1. The van der Waals surface area contributed by atoms with Gasteiger partial charge in [-0.25, -0.2) is 9.36 Å². The molecule has 3 heteroatoms. The molecule has 1 heterocycles. The first-order valence-corrected chi connectivity index (χ1v) is 4.24. The van der Waals surface area contributed by atoms with E-state index in [1.54, 1.807) is 12.1 Å². The van der Waals surface area contributed by atoms with E-state index in [0.717, 1.165) is 0 Å². The van der Waals surface area contributed by atoms with Gasteiger partial charge in [0.05, 0.1) is 12.7 Å².